The third-order valence-electron chi connectivity index (χ3n) is 4.25. The van der Waals surface area contributed by atoms with E-state index in [4.69, 9.17) is 21.4 Å². The van der Waals surface area contributed by atoms with Crippen molar-refractivity contribution in [3.05, 3.63) is 75.1 Å². The quantitative estimate of drug-likeness (QED) is 0.284. The van der Waals surface area contributed by atoms with E-state index >= 15 is 0 Å². The molecule has 0 bridgehead atoms. The van der Waals surface area contributed by atoms with Crippen LogP contribution in [0.3, 0.4) is 0 Å². The van der Waals surface area contributed by atoms with Crippen LogP contribution < -0.4 is 4.74 Å². The topological polar surface area (TPSA) is 59.4 Å². The number of aliphatic carboxylic acids is 1. The van der Waals surface area contributed by atoms with Gasteiger partial charge in [0.05, 0.1) is 5.69 Å². The third-order valence-corrected chi connectivity index (χ3v) is 5.43. The molecule has 0 radical (unpaired) electrons. The molecule has 1 heterocycles. The van der Waals surface area contributed by atoms with Gasteiger partial charge in [-0.3, -0.25) is 0 Å². The molecule has 32 heavy (non-hydrogen) atoms. The molecule has 11 heteroatoms. The number of hydrogen-bond donors (Lipinski definition) is 1. The van der Waals surface area contributed by atoms with E-state index in [0.29, 0.717) is 16.7 Å². The van der Waals surface area contributed by atoms with Gasteiger partial charge in [-0.05, 0) is 47.4 Å². The Labute approximate surface area is 187 Å². The standard InChI is InChI=1S/C21H13ClF5NO3S/c22-13-5-1-12(2-6-13)18-16(19(32-28-18)21(25,26)27)10-31-14-7-3-11(4-8-17(29)30)15(9-14)20(23)24/h1-9,20H,10H2,(H,29,30)/b8-4+. The minimum atomic E-state index is -4.68. The van der Waals surface area contributed by atoms with E-state index in [2.05, 4.69) is 4.37 Å². The van der Waals surface area contributed by atoms with Crippen LogP contribution in [0, 0.1) is 0 Å². The zero-order valence-electron chi connectivity index (χ0n) is 15.9. The summed E-state index contributed by atoms with van der Waals surface area (Å²) in [5.74, 6) is -1.42. The van der Waals surface area contributed by atoms with Crippen LogP contribution in [0.25, 0.3) is 17.3 Å². The van der Waals surface area contributed by atoms with Crippen molar-refractivity contribution < 1.29 is 36.6 Å². The Hall–Kier alpha value is -2.98. The monoisotopic (exact) mass is 489 g/mol. The average molecular weight is 490 g/mol. The van der Waals surface area contributed by atoms with Gasteiger partial charge in [0.15, 0.2) is 0 Å². The molecule has 0 amide bonds. The summed E-state index contributed by atoms with van der Waals surface area (Å²) in [5, 5.41) is 9.07. The van der Waals surface area contributed by atoms with Crippen LogP contribution in [0.15, 0.2) is 48.5 Å². The highest BCUT2D eigenvalue weighted by atomic mass is 35.5. The Kier molecular flexibility index (Phi) is 7.15. The number of halogens is 6. The lowest BCUT2D eigenvalue weighted by molar-refractivity contribution is -0.135. The van der Waals surface area contributed by atoms with Crippen LogP contribution in [0.4, 0.5) is 22.0 Å². The number of hydrogen-bond acceptors (Lipinski definition) is 4. The fraction of sp³-hybridized carbons (Fsp3) is 0.143. The minimum absolute atomic E-state index is 0.0501. The van der Waals surface area contributed by atoms with E-state index in [1.807, 2.05) is 0 Å². The summed E-state index contributed by atoms with van der Waals surface area (Å²) in [6.45, 7) is -0.573. The van der Waals surface area contributed by atoms with Crippen molar-refractivity contribution in [1.82, 2.24) is 4.37 Å². The highest BCUT2D eigenvalue weighted by molar-refractivity contribution is 7.06. The lowest BCUT2D eigenvalue weighted by atomic mass is 10.1. The van der Waals surface area contributed by atoms with Gasteiger partial charge in [-0.15, -0.1) is 0 Å². The van der Waals surface area contributed by atoms with E-state index < -0.39 is 35.6 Å². The first kappa shape index (κ1) is 23.7. The summed E-state index contributed by atoms with van der Waals surface area (Å²) in [6.07, 6.45) is -5.94. The SMILES string of the molecule is O=C(O)/C=C/c1ccc(OCc2c(-c3ccc(Cl)cc3)nsc2C(F)(F)F)cc1C(F)F. The Balaban J connectivity index is 1.94. The molecule has 0 aliphatic rings. The number of carbonyl (C=O) groups is 1. The molecule has 0 atom stereocenters. The smallest absolute Gasteiger partial charge is 0.427 e. The largest absolute Gasteiger partial charge is 0.489 e. The van der Waals surface area contributed by atoms with Gasteiger partial charge in [0.25, 0.3) is 6.43 Å². The second kappa shape index (κ2) is 9.66. The van der Waals surface area contributed by atoms with E-state index in [1.165, 1.54) is 36.4 Å². The molecule has 1 N–H and O–H groups in total. The van der Waals surface area contributed by atoms with Crippen LogP contribution >= 0.6 is 23.1 Å². The number of alkyl halides is 5. The summed E-state index contributed by atoms with van der Waals surface area (Å²) < 4.78 is 76.5. The van der Waals surface area contributed by atoms with Crippen LogP contribution in [-0.4, -0.2) is 15.4 Å². The van der Waals surface area contributed by atoms with Gasteiger partial charge in [-0.25, -0.2) is 13.6 Å². The van der Waals surface area contributed by atoms with Gasteiger partial charge in [0.1, 0.15) is 17.2 Å². The molecule has 0 saturated carbocycles. The zero-order valence-corrected chi connectivity index (χ0v) is 17.4. The van der Waals surface area contributed by atoms with Crippen LogP contribution in [0.5, 0.6) is 5.75 Å². The Bertz CT molecular complexity index is 1140. The van der Waals surface area contributed by atoms with Crippen molar-refractivity contribution >= 4 is 35.2 Å². The maximum atomic E-state index is 13.5. The molecule has 1 aromatic heterocycles. The number of rotatable bonds is 7. The van der Waals surface area contributed by atoms with E-state index in [1.54, 1.807) is 0 Å². The lowest BCUT2D eigenvalue weighted by Gasteiger charge is -2.13. The molecule has 2 aromatic carbocycles. The van der Waals surface area contributed by atoms with Crippen LogP contribution in [-0.2, 0) is 17.6 Å². The molecule has 0 spiro atoms. The molecule has 0 saturated heterocycles. The van der Waals surface area contributed by atoms with Gasteiger partial charge in [0.2, 0.25) is 0 Å². The van der Waals surface area contributed by atoms with Crippen LogP contribution in [0.2, 0.25) is 5.02 Å². The molecule has 3 rings (SSSR count). The maximum absolute atomic E-state index is 13.5. The Morgan fingerprint density at radius 3 is 2.47 bits per heavy atom. The highest BCUT2D eigenvalue weighted by Crippen LogP contribution is 2.40. The molecular weight excluding hydrogens is 477 g/mol. The summed E-state index contributed by atoms with van der Waals surface area (Å²) in [4.78, 5) is 9.67. The first-order valence-corrected chi connectivity index (χ1v) is 9.99. The van der Waals surface area contributed by atoms with Gasteiger partial charge in [-0.1, -0.05) is 29.8 Å². The fourth-order valence-electron chi connectivity index (χ4n) is 2.80. The molecule has 0 unspecified atom stereocenters. The predicted octanol–water partition coefficient (Wildman–Crippen LogP) is 7.10. The average Bonchev–Trinajstić information content (AvgIpc) is 3.16. The zero-order chi connectivity index (χ0) is 23.5. The van der Waals surface area contributed by atoms with Gasteiger partial charge < -0.3 is 9.84 Å². The lowest BCUT2D eigenvalue weighted by Crippen LogP contribution is -2.08. The maximum Gasteiger partial charge on any atom is 0.427 e. The first-order chi connectivity index (χ1) is 15.1. The molecule has 0 aliphatic heterocycles. The van der Waals surface area contributed by atoms with Gasteiger partial charge >= 0.3 is 12.1 Å². The van der Waals surface area contributed by atoms with Crippen molar-refractivity contribution in [2.24, 2.45) is 0 Å². The van der Waals surface area contributed by atoms with Crippen molar-refractivity contribution in [3.63, 3.8) is 0 Å². The molecule has 4 nitrogen and oxygen atoms in total. The molecule has 3 aromatic rings. The van der Waals surface area contributed by atoms with Crippen molar-refractivity contribution in [2.75, 3.05) is 0 Å². The van der Waals surface area contributed by atoms with Gasteiger partial charge in [-0.2, -0.15) is 17.5 Å². The van der Waals surface area contributed by atoms with E-state index in [0.717, 1.165) is 12.1 Å². The molecule has 0 fully saturated rings. The normalized spacial score (nSPS) is 12.0. The molecule has 168 valence electrons. The highest BCUT2D eigenvalue weighted by Gasteiger charge is 2.38. The Morgan fingerprint density at radius 1 is 1.19 bits per heavy atom. The summed E-state index contributed by atoms with van der Waals surface area (Å²) in [7, 11) is 0. The summed E-state index contributed by atoms with van der Waals surface area (Å²) >= 11 is 6.09. The Morgan fingerprint density at radius 2 is 1.88 bits per heavy atom. The molecule has 0 aliphatic carbocycles. The number of aromatic nitrogens is 1. The summed E-state index contributed by atoms with van der Waals surface area (Å²) in [5.41, 5.74) is -0.364. The van der Waals surface area contributed by atoms with Crippen molar-refractivity contribution in [2.45, 2.75) is 19.2 Å². The number of carboxylic acid groups (broad SMARTS) is 1. The molecular formula is C21H13ClF5NO3S. The van der Waals surface area contributed by atoms with E-state index in [9.17, 15) is 26.7 Å². The number of benzene rings is 2. The predicted molar refractivity (Wildman–Crippen MR) is 110 cm³/mol. The first-order valence-electron chi connectivity index (χ1n) is 8.84. The number of carboxylic acids is 1. The number of nitrogens with zero attached hydrogens (tertiary/aromatic N) is 1. The van der Waals surface area contributed by atoms with Crippen LogP contribution in [0.1, 0.15) is 28.0 Å². The third kappa shape index (κ3) is 5.63. The summed E-state index contributed by atoms with van der Waals surface area (Å²) in [6, 6.07) is 9.47. The van der Waals surface area contributed by atoms with E-state index in [-0.39, 0.29) is 34.1 Å². The second-order valence-electron chi connectivity index (χ2n) is 6.40. The number of ether oxygens (including phenoxy) is 1. The van der Waals surface area contributed by atoms with Gasteiger partial charge in [0, 0.05) is 27.8 Å². The minimum Gasteiger partial charge on any atom is -0.489 e. The fourth-order valence-corrected chi connectivity index (χ4v) is 3.69. The second-order valence-corrected chi connectivity index (χ2v) is 7.61. The van der Waals surface area contributed by atoms with Crippen molar-refractivity contribution in [1.29, 1.82) is 0 Å². The van der Waals surface area contributed by atoms with Crippen molar-refractivity contribution in [3.8, 4) is 17.0 Å².